The third-order valence-electron chi connectivity index (χ3n) is 3.79. The highest BCUT2D eigenvalue weighted by Gasteiger charge is 2.25. The van der Waals surface area contributed by atoms with Crippen LogP contribution in [-0.2, 0) is 11.3 Å². The van der Waals surface area contributed by atoms with E-state index in [1.165, 1.54) is 0 Å². The second-order valence-corrected chi connectivity index (χ2v) is 7.05. The van der Waals surface area contributed by atoms with Crippen LogP contribution in [0.3, 0.4) is 0 Å². The molecular formula is C17H26N4OS. The number of hydrogen-bond acceptors (Lipinski definition) is 3. The van der Waals surface area contributed by atoms with E-state index in [-0.39, 0.29) is 11.9 Å². The third kappa shape index (κ3) is 5.78. The van der Waals surface area contributed by atoms with Crippen molar-refractivity contribution < 1.29 is 4.79 Å². The van der Waals surface area contributed by atoms with Gasteiger partial charge >= 0.3 is 0 Å². The number of carbonyl (C=O) groups is 1. The summed E-state index contributed by atoms with van der Waals surface area (Å²) in [5.74, 6) is 0.572. The smallest absolute Gasteiger partial charge is 0.224 e. The van der Waals surface area contributed by atoms with Gasteiger partial charge in [-0.15, -0.1) is 0 Å². The van der Waals surface area contributed by atoms with Crippen LogP contribution in [0.15, 0.2) is 24.4 Å². The van der Waals surface area contributed by atoms with Crippen molar-refractivity contribution in [2.45, 2.75) is 52.2 Å². The number of rotatable bonds is 6. The summed E-state index contributed by atoms with van der Waals surface area (Å²) in [4.78, 5) is 19.0. The molecule has 0 radical (unpaired) electrons. The van der Waals surface area contributed by atoms with Crippen molar-refractivity contribution in [2.24, 2.45) is 5.92 Å². The highest BCUT2D eigenvalue weighted by atomic mass is 32.1. The molecule has 6 heteroatoms. The maximum Gasteiger partial charge on any atom is 0.224 e. The Balaban J connectivity index is 2.00. The number of amides is 1. The minimum atomic E-state index is 0.102. The Morgan fingerprint density at radius 2 is 2.22 bits per heavy atom. The Bertz CT molecular complexity index is 535. The molecule has 1 fully saturated rings. The van der Waals surface area contributed by atoms with Crippen molar-refractivity contribution in [1.82, 2.24) is 20.5 Å². The SMILES string of the molecule is CC(C)CN(Cc1ccccn1)C(=O)C[C@@H]1C[C@@H](C)NC(=S)N1. The Labute approximate surface area is 143 Å². The predicted molar refractivity (Wildman–Crippen MR) is 95.8 cm³/mol. The van der Waals surface area contributed by atoms with Gasteiger partial charge in [0.25, 0.3) is 0 Å². The zero-order valence-corrected chi connectivity index (χ0v) is 14.9. The van der Waals surface area contributed by atoms with E-state index < -0.39 is 0 Å². The van der Waals surface area contributed by atoms with Crippen LogP contribution in [-0.4, -0.2) is 39.5 Å². The number of pyridine rings is 1. The molecule has 2 rings (SSSR count). The zero-order valence-electron chi connectivity index (χ0n) is 14.1. The lowest BCUT2D eigenvalue weighted by molar-refractivity contribution is -0.133. The van der Waals surface area contributed by atoms with Gasteiger partial charge in [0, 0.05) is 31.2 Å². The molecular weight excluding hydrogens is 308 g/mol. The normalized spacial score (nSPS) is 20.8. The summed E-state index contributed by atoms with van der Waals surface area (Å²) in [5, 5.41) is 7.02. The van der Waals surface area contributed by atoms with Gasteiger partial charge in [-0.3, -0.25) is 9.78 Å². The summed E-state index contributed by atoms with van der Waals surface area (Å²) in [5.41, 5.74) is 0.920. The molecule has 1 amide bonds. The van der Waals surface area contributed by atoms with Gasteiger partial charge in [-0.05, 0) is 43.6 Å². The number of thiocarbonyl (C=S) groups is 1. The standard InChI is InChI=1S/C17H26N4OS/c1-12(2)10-21(11-14-6-4-5-7-18-14)16(22)9-15-8-13(3)19-17(23)20-15/h4-7,12-13,15H,8-11H2,1-3H3,(H2,19,20,23)/t13-,15+/m1/s1. The molecule has 1 aliphatic rings. The van der Waals surface area contributed by atoms with Gasteiger partial charge in [0.05, 0.1) is 12.2 Å². The monoisotopic (exact) mass is 334 g/mol. The van der Waals surface area contributed by atoms with Crippen molar-refractivity contribution in [1.29, 1.82) is 0 Å². The fourth-order valence-electron chi connectivity index (χ4n) is 2.85. The van der Waals surface area contributed by atoms with Crippen LogP contribution in [0.5, 0.6) is 0 Å². The summed E-state index contributed by atoms with van der Waals surface area (Å²) < 4.78 is 0. The van der Waals surface area contributed by atoms with Crippen molar-refractivity contribution in [2.75, 3.05) is 6.54 Å². The summed E-state index contributed by atoms with van der Waals surface area (Å²) in [6.07, 6.45) is 3.12. The van der Waals surface area contributed by atoms with Gasteiger partial charge in [-0.25, -0.2) is 0 Å². The maximum atomic E-state index is 12.8. The second kappa shape index (κ2) is 8.24. The van der Waals surface area contributed by atoms with Gasteiger partial charge in [0.15, 0.2) is 5.11 Å². The molecule has 2 atom stereocenters. The number of hydrogen-bond donors (Lipinski definition) is 2. The average Bonchev–Trinajstić information content (AvgIpc) is 2.46. The second-order valence-electron chi connectivity index (χ2n) is 6.64. The molecule has 1 aromatic heterocycles. The topological polar surface area (TPSA) is 57.3 Å². The Morgan fingerprint density at radius 1 is 1.43 bits per heavy atom. The molecule has 126 valence electrons. The summed E-state index contributed by atoms with van der Waals surface area (Å²) >= 11 is 5.20. The van der Waals surface area contributed by atoms with Crippen LogP contribution in [0.25, 0.3) is 0 Å². The molecule has 0 unspecified atom stereocenters. The molecule has 0 aromatic carbocycles. The molecule has 0 aliphatic carbocycles. The van der Waals surface area contributed by atoms with E-state index >= 15 is 0 Å². The number of carbonyl (C=O) groups excluding carboxylic acids is 1. The van der Waals surface area contributed by atoms with Gasteiger partial charge in [-0.1, -0.05) is 19.9 Å². The minimum absolute atomic E-state index is 0.102. The molecule has 0 saturated carbocycles. The summed E-state index contributed by atoms with van der Waals surface area (Å²) in [7, 11) is 0. The number of aromatic nitrogens is 1. The van der Waals surface area contributed by atoms with E-state index in [4.69, 9.17) is 12.2 Å². The van der Waals surface area contributed by atoms with Crippen LogP contribution < -0.4 is 10.6 Å². The van der Waals surface area contributed by atoms with Gasteiger partial charge in [0.1, 0.15) is 0 Å². The first-order valence-electron chi connectivity index (χ1n) is 8.18. The Morgan fingerprint density at radius 3 is 2.83 bits per heavy atom. The molecule has 23 heavy (non-hydrogen) atoms. The van der Waals surface area contributed by atoms with Crippen LogP contribution >= 0.6 is 12.2 Å². The van der Waals surface area contributed by atoms with Crippen molar-refractivity contribution in [3.8, 4) is 0 Å². The van der Waals surface area contributed by atoms with E-state index in [1.807, 2.05) is 23.1 Å². The van der Waals surface area contributed by atoms with Gasteiger partial charge in [-0.2, -0.15) is 0 Å². The van der Waals surface area contributed by atoms with E-state index in [0.717, 1.165) is 18.7 Å². The molecule has 1 aliphatic heterocycles. The Hall–Kier alpha value is -1.69. The first-order valence-corrected chi connectivity index (χ1v) is 8.59. The maximum absolute atomic E-state index is 12.8. The lowest BCUT2D eigenvalue weighted by Gasteiger charge is -2.32. The largest absolute Gasteiger partial charge is 0.360 e. The molecule has 2 N–H and O–H groups in total. The van der Waals surface area contributed by atoms with Crippen molar-refractivity contribution in [3.05, 3.63) is 30.1 Å². The van der Waals surface area contributed by atoms with Crippen LogP contribution in [0.2, 0.25) is 0 Å². The minimum Gasteiger partial charge on any atom is -0.360 e. The number of nitrogens with zero attached hydrogens (tertiary/aromatic N) is 2. The van der Waals surface area contributed by atoms with E-state index in [1.54, 1.807) is 6.20 Å². The third-order valence-corrected chi connectivity index (χ3v) is 4.02. The highest BCUT2D eigenvalue weighted by Crippen LogP contribution is 2.13. The summed E-state index contributed by atoms with van der Waals surface area (Å²) in [6.45, 7) is 7.63. The van der Waals surface area contributed by atoms with Crippen LogP contribution in [0.4, 0.5) is 0 Å². The fraction of sp³-hybridized carbons (Fsp3) is 0.588. The first-order chi connectivity index (χ1) is 10.9. The average molecular weight is 334 g/mol. The lowest BCUT2D eigenvalue weighted by Crippen LogP contribution is -2.54. The molecule has 1 saturated heterocycles. The fourth-order valence-corrected chi connectivity index (χ4v) is 3.22. The van der Waals surface area contributed by atoms with Crippen LogP contribution in [0.1, 0.15) is 39.3 Å². The quantitative estimate of drug-likeness (QED) is 0.780. The highest BCUT2D eigenvalue weighted by molar-refractivity contribution is 7.80. The van der Waals surface area contributed by atoms with Gasteiger partial charge in [0.2, 0.25) is 5.91 Å². The molecule has 0 spiro atoms. The van der Waals surface area contributed by atoms with Gasteiger partial charge < -0.3 is 15.5 Å². The molecule has 2 heterocycles. The van der Waals surface area contributed by atoms with E-state index in [9.17, 15) is 4.79 Å². The molecule has 0 bridgehead atoms. The van der Waals surface area contributed by atoms with Crippen LogP contribution in [0, 0.1) is 5.92 Å². The lowest BCUT2D eigenvalue weighted by atomic mass is 10.0. The Kier molecular flexibility index (Phi) is 6.33. The molecule has 5 nitrogen and oxygen atoms in total. The summed E-state index contributed by atoms with van der Waals surface area (Å²) in [6, 6.07) is 6.20. The molecule has 1 aromatic rings. The van der Waals surface area contributed by atoms with Crippen molar-refractivity contribution in [3.63, 3.8) is 0 Å². The predicted octanol–water partition coefficient (Wildman–Crippen LogP) is 2.08. The van der Waals surface area contributed by atoms with Crippen molar-refractivity contribution >= 4 is 23.2 Å². The zero-order chi connectivity index (χ0) is 16.8. The first kappa shape index (κ1) is 17.7. The van der Waals surface area contributed by atoms with E-state index in [0.29, 0.717) is 30.0 Å². The number of nitrogens with one attached hydrogen (secondary N) is 2. The van der Waals surface area contributed by atoms with E-state index in [2.05, 4.69) is 36.4 Å².